The molecular weight excluding hydrogens is 254 g/mol. The summed E-state index contributed by atoms with van der Waals surface area (Å²) in [6.07, 6.45) is 2.61. The lowest BCUT2D eigenvalue weighted by atomic mass is 10.0. The van der Waals surface area contributed by atoms with Crippen LogP contribution in [0.4, 0.5) is 0 Å². The molecule has 0 radical (unpaired) electrons. The van der Waals surface area contributed by atoms with Crippen LogP contribution in [-0.4, -0.2) is 16.2 Å². The molecule has 0 saturated heterocycles. The standard InChI is InChI=1S/C15H21N3O2/c1-3-12(16)9-11-5-7-13(8-6-11)19-10-15-18-17-14(4-2)20-15/h5-8,12H,3-4,9-10,16H2,1-2H3. The van der Waals surface area contributed by atoms with Crippen molar-refractivity contribution in [2.75, 3.05) is 0 Å². The Morgan fingerprint density at radius 2 is 1.85 bits per heavy atom. The van der Waals surface area contributed by atoms with E-state index in [0.717, 1.165) is 25.0 Å². The van der Waals surface area contributed by atoms with Gasteiger partial charge in [-0.25, -0.2) is 0 Å². The lowest BCUT2D eigenvalue weighted by Gasteiger charge is -2.09. The highest BCUT2D eigenvalue weighted by atomic mass is 16.5. The maximum absolute atomic E-state index is 5.93. The summed E-state index contributed by atoms with van der Waals surface area (Å²) in [6, 6.07) is 8.17. The Labute approximate surface area is 119 Å². The molecule has 0 aliphatic rings. The molecule has 5 nitrogen and oxygen atoms in total. The third-order valence-corrected chi connectivity index (χ3v) is 3.12. The second-order valence-corrected chi connectivity index (χ2v) is 4.75. The number of benzene rings is 1. The zero-order chi connectivity index (χ0) is 14.4. The predicted octanol–water partition coefficient (Wildman–Crippen LogP) is 2.49. The van der Waals surface area contributed by atoms with E-state index >= 15 is 0 Å². The average molecular weight is 275 g/mol. The normalized spacial score (nSPS) is 12.3. The highest BCUT2D eigenvalue weighted by Crippen LogP contribution is 2.15. The molecule has 0 amide bonds. The third-order valence-electron chi connectivity index (χ3n) is 3.12. The first-order valence-corrected chi connectivity index (χ1v) is 6.99. The Bertz CT molecular complexity index is 522. The topological polar surface area (TPSA) is 74.2 Å². The minimum absolute atomic E-state index is 0.215. The van der Waals surface area contributed by atoms with Gasteiger partial charge in [-0.3, -0.25) is 0 Å². The molecule has 108 valence electrons. The van der Waals surface area contributed by atoms with Crippen molar-refractivity contribution < 1.29 is 9.15 Å². The van der Waals surface area contributed by atoms with Crippen molar-refractivity contribution in [2.24, 2.45) is 5.73 Å². The van der Waals surface area contributed by atoms with Crippen molar-refractivity contribution in [2.45, 2.75) is 45.8 Å². The first-order valence-electron chi connectivity index (χ1n) is 6.99. The van der Waals surface area contributed by atoms with Crippen LogP contribution in [0, 0.1) is 0 Å². The van der Waals surface area contributed by atoms with E-state index in [-0.39, 0.29) is 6.04 Å². The van der Waals surface area contributed by atoms with Gasteiger partial charge < -0.3 is 14.9 Å². The van der Waals surface area contributed by atoms with E-state index in [1.807, 2.05) is 31.2 Å². The van der Waals surface area contributed by atoms with Gasteiger partial charge in [-0.1, -0.05) is 26.0 Å². The number of hydrogen-bond acceptors (Lipinski definition) is 5. The zero-order valence-electron chi connectivity index (χ0n) is 12.0. The van der Waals surface area contributed by atoms with Gasteiger partial charge in [-0.05, 0) is 30.5 Å². The van der Waals surface area contributed by atoms with E-state index < -0.39 is 0 Å². The van der Waals surface area contributed by atoms with E-state index in [1.165, 1.54) is 5.56 Å². The number of ether oxygens (including phenoxy) is 1. The average Bonchev–Trinajstić information content (AvgIpc) is 2.94. The van der Waals surface area contributed by atoms with E-state index in [9.17, 15) is 0 Å². The van der Waals surface area contributed by atoms with Crippen molar-refractivity contribution in [1.29, 1.82) is 0 Å². The van der Waals surface area contributed by atoms with Crippen LogP contribution in [-0.2, 0) is 19.4 Å². The lowest BCUT2D eigenvalue weighted by molar-refractivity contribution is 0.259. The van der Waals surface area contributed by atoms with Crippen LogP contribution in [0.3, 0.4) is 0 Å². The summed E-state index contributed by atoms with van der Waals surface area (Å²) in [5, 5.41) is 7.80. The Balaban J connectivity index is 1.87. The summed E-state index contributed by atoms with van der Waals surface area (Å²) in [6.45, 7) is 4.36. The van der Waals surface area contributed by atoms with Gasteiger partial charge in [-0.15, -0.1) is 10.2 Å². The summed E-state index contributed by atoms with van der Waals surface area (Å²) in [4.78, 5) is 0. The van der Waals surface area contributed by atoms with E-state index in [0.29, 0.717) is 18.4 Å². The smallest absolute Gasteiger partial charge is 0.253 e. The van der Waals surface area contributed by atoms with Crippen molar-refractivity contribution in [3.63, 3.8) is 0 Å². The van der Waals surface area contributed by atoms with Gasteiger partial charge in [-0.2, -0.15) is 0 Å². The van der Waals surface area contributed by atoms with E-state index in [4.69, 9.17) is 14.9 Å². The third kappa shape index (κ3) is 4.06. The summed E-state index contributed by atoms with van der Waals surface area (Å²) < 4.78 is 11.0. The molecule has 2 aromatic rings. The quantitative estimate of drug-likeness (QED) is 0.840. The highest BCUT2D eigenvalue weighted by Gasteiger charge is 2.05. The Hall–Kier alpha value is -1.88. The monoisotopic (exact) mass is 275 g/mol. The molecule has 0 fully saturated rings. The molecule has 1 atom stereocenters. The summed E-state index contributed by atoms with van der Waals surface area (Å²) in [5.74, 6) is 1.92. The van der Waals surface area contributed by atoms with Gasteiger partial charge in [0.15, 0.2) is 6.61 Å². The van der Waals surface area contributed by atoms with Crippen LogP contribution < -0.4 is 10.5 Å². The van der Waals surface area contributed by atoms with Gasteiger partial charge in [0.05, 0.1) is 0 Å². The van der Waals surface area contributed by atoms with Crippen LogP contribution >= 0.6 is 0 Å². The number of hydrogen-bond donors (Lipinski definition) is 1. The predicted molar refractivity (Wildman–Crippen MR) is 76.4 cm³/mol. The van der Waals surface area contributed by atoms with Gasteiger partial charge >= 0.3 is 0 Å². The van der Waals surface area contributed by atoms with Gasteiger partial charge in [0.25, 0.3) is 5.89 Å². The number of aromatic nitrogens is 2. The molecule has 1 heterocycles. The molecule has 1 unspecified atom stereocenters. The fraction of sp³-hybridized carbons (Fsp3) is 0.467. The molecule has 1 aromatic heterocycles. The van der Waals surface area contributed by atoms with Crippen molar-refractivity contribution >= 4 is 0 Å². The Morgan fingerprint density at radius 3 is 2.45 bits per heavy atom. The number of aryl methyl sites for hydroxylation is 1. The van der Waals surface area contributed by atoms with Gasteiger partial charge in [0.2, 0.25) is 5.89 Å². The van der Waals surface area contributed by atoms with Crippen LogP contribution in [0.15, 0.2) is 28.7 Å². The SMILES string of the molecule is CCc1nnc(COc2ccc(CC(N)CC)cc2)o1. The maximum Gasteiger partial charge on any atom is 0.253 e. The molecule has 1 aromatic carbocycles. The molecule has 0 bridgehead atoms. The molecule has 0 aliphatic heterocycles. The second-order valence-electron chi connectivity index (χ2n) is 4.75. The molecule has 2 rings (SSSR count). The summed E-state index contributed by atoms with van der Waals surface area (Å²) in [5.41, 5.74) is 7.15. The Morgan fingerprint density at radius 1 is 1.15 bits per heavy atom. The lowest BCUT2D eigenvalue weighted by Crippen LogP contribution is -2.21. The largest absolute Gasteiger partial charge is 0.484 e. The molecule has 0 saturated carbocycles. The van der Waals surface area contributed by atoms with Crippen LogP contribution in [0.2, 0.25) is 0 Å². The number of nitrogens with zero attached hydrogens (tertiary/aromatic N) is 2. The Kier molecular flexibility index (Phi) is 5.12. The summed E-state index contributed by atoms with van der Waals surface area (Å²) in [7, 11) is 0. The highest BCUT2D eigenvalue weighted by molar-refractivity contribution is 5.27. The van der Waals surface area contributed by atoms with E-state index in [1.54, 1.807) is 0 Å². The van der Waals surface area contributed by atoms with Crippen LogP contribution in [0.1, 0.15) is 37.6 Å². The minimum Gasteiger partial charge on any atom is -0.484 e. The molecule has 0 aliphatic carbocycles. The molecule has 20 heavy (non-hydrogen) atoms. The van der Waals surface area contributed by atoms with Gasteiger partial charge in [0.1, 0.15) is 5.75 Å². The second kappa shape index (κ2) is 7.05. The first-order chi connectivity index (χ1) is 9.71. The van der Waals surface area contributed by atoms with Gasteiger partial charge in [0, 0.05) is 12.5 Å². The van der Waals surface area contributed by atoms with Crippen molar-refractivity contribution in [3.8, 4) is 5.75 Å². The molecule has 0 spiro atoms. The fourth-order valence-corrected chi connectivity index (χ4v) is 1.80. The maximum atomic E-state index is 5.93. The van der Waals surface area contributed by atoms with Crippen molar-refractivity contribution in [3.05, 3.63) is 41.6 Å². The van der Waals surface area contributed by atoms with Crippen molar-refractivity contribution in [1.82, 2.24) is 10.2 Å². The van der Waals surface area contributed by atoms with E-state index in [2.05, 4.69) is 17.1 Å². The van der Waals surface area contributed by atoms with Crippen LogP contribution in [0.5, 0.6) is 5.75 Å². The van der Waals surface area contributed by atoms with Crippen LogP contribution in [0.25, 0.3) is 0 Å². The number of rotatable bonds is 7. The number of nitrogens with two attached hydrogens (primary N) is 1. The molecule has 5 heteroatoms. The minimum atomic E-state index is 0.215. The molecule has 2 N–H and O–H groups in total. The fourth-order valence-electron chi connectivity index (χ4n) is 1.80. The summed E-state index contributed by atoms with van der Waals surface area (Å²) >= 11 is 0. The first kappa shape index (κ1) is 14.5. The zero-order valence-corrected chi connectivity index (χ0v) is 12.0. The molecular formula is C15H21N3O2.